The molecule has 3 N–H and O–H groups in total. The second-order valence-electron chi connectivity index (χ2n) is 4.51. The number of carbonyl (C=O) groups excluding carboxylic acids is 3. The number of anilines is 1. The Bertz CT molecular complexity index is 480. The van der Waals surface area contributed by atoms with Gasteiger partial charge in [-0.1, -0.05) is 6.07 Å². The van der Waals surface area contributed by atoms with Crippen LogP contribution in [-0.2, 0) is 14.4 Å². The van der Waals surface area contributed by atoms with Crippen LogP contribution in [0.15, 0.2) is 18.2 Å². The molecule has 3 amide bonds. The molecule has 6 nitrogen and oxygen atoms in total. The molecule has 1 aromatic carbocycles. The van der Waals surface area contributed by atoms with Gasteiger partial charge in [-0.05, 0) is 43.5 Å². The van der Waals surface area contributed by atoms with Crippen LogP contribution in [0.3, 0.4) is 0 Å². The van der Waals surface area contributed by atoms with Gasteiger partial charge in [-0.3, -0.25) is 14.4 Å². The van der Waals surface area contributed by atoms with Gasteiger partial charge in [0.2, 0.25) is 6.41 Å². The maximum absolute atomic E-state index is 11.7. The van der Waals surface area contributed by atoms with Crippen molar-refractivity contribution < 1.29 is 14.4 Å². The predicted octanol–water partition coefficient (Wildman–Crippen LogP) is 0.494. The van der Waals surface area contributed by atoms with Crippen molar-refractivity contribution in [3.63, 3.8) is 0 Å². The zero-order valence-corrected chi connectivity index (χ0v) is 11.7. The van der Waals surface area contributed by atoms with E-state index in [0.29, 0.717) is 31.6 Å². The number of hydrogen-bond acceptors (Lipinski definition) is 3. The van der Waals surface area contributed by atoms with Gasteiger partial charge in [0.05, 0.1) is 0 Å². The summed E-state index contributed by atoms with van der Waals surface area (Å²) in [6.07, 6.45) is 1.16. The quantitative estimate of drug-likeness (QED) is 0.402. The lowest BCUT2D eigenvalue weighted by atomic mass is 10.1. The highest BCUT2D eigenvalue weighted by Gasteiger charge is 2.13. The van der Waals surface area contributed by atoms with Gasteiger partial charge >= 0.3 is 11.8 Å². The molecule has 0 heterocycles. The highest BCUT2D eigenvalue weighted by molar-refractivity contribution is 6.39. The van der Waals surface area contributed by atoms with Crippen molar-refractivity contribution in [1.82, 2.24) is 10.6 Å². The largest absolute Gasteiger partial charge is 0.359 e. The van der Waals surface area contributed by atoms with Crippen molar-refractivity contribution >= 4 is 23.9 Å². The summed E-state index contributed by atoms with van der Waals surface area (Å²) in [4.78, 5) is 33.2. The third-order valence-corrected chi connectivity index (χ3v) is 2.55. The van der Waals surface area contributed by atoms with E-state index < -0.39 is 11.8 Å². The van der Waals surface area contributed by atoms with E-state index >= 15 is 0 Å². The number of aryl methyl sites for hydroxylation is 2. The van der Waals surface area contributed by atoms with E-state index in [9.17, 15) is 14.4 Å². The Balaban J connectivity index is 2.41. The molecule has 20 heavy (non-hydrogen) atoms. The molecule has 0 unspecified atom stereocenters. The molecule has 0 fully saturated rings. The summed E-state index contributed by atoms with van der Waals surface area (Å²) < 4.78 is 0. The standard InChI is InChI=1S/C14H19N3O3/c1-10-6-11(2)8-12(7-10)17-14(20)13(19)16-5-3-4-15-9-18/h6-9H,3-5H2,1-2H3,(H,15,18)(H,16,19)(H,17,20). The fraction of sp³-hybridized carbons (Fsp3) is 0.357. The minimum atomic E-state index is -0.696. The van der Waals surface area contributed by atoms with Crippen LogP contribution in [0.5, 0.6) is 0 Å². The van der Waals surface area contributed by atoms with Crippen molar-refractivity contribution in [2.75, 3.05) is 18.4 Å². The molecule has 0 saturated heterocycles. The molecule has 0 aliphatic heterocycles. The smallest absolute Gasteiger partial charge is 0.313 e. The zero-order valence-electron chi connectivity index (χ0n) is 11.7. The van der Waals surface area contributed by atoms with E-state index in [2.05, 4.69) is 16.0 Å². The zero-order chi connectivity index (χ0) is 15.0. The molecule has 108 valence electrons. The number of carbonyl (C=O) groups is 3. The van der Waals surface area contributed by atoms with Crippen LogP contribution in [0.2, 0.25) is 0 Å². The van der Waals surface area contributed by atoms with Crippen LogP contribution in [0.25, 0.3) is 0 Å². The van der Waals surface area contributed by atoms with Crippen LogP contribution in [0.4, 0.5) is 5.69 Å². The number of nitrogens with one attached hydrogen (secondary N) is 3. The number of amides is 3. The summed E-state index contributed by atoms with van der Waals surface area (Å²) in [7, 11) is 0. The normalized spacial score (nSPS) is 9.70. The molecular formula is C14H19N3O3. The first-order valence-corrected chi connectivity index (χ1v) is 6.37. The highest BCUT2D eigenvalue weighted by Crippen LogP contribution is 2.13. The molecule has 1 aromatic rings. The predicted molar refractivity (Wildman–Crippen MR) is 76.2 cm³/mol. The molecule has 0 aliphatic carbocycles. The third kappa shape index (κ3) is 5.51. The van der Waals surface area contributed by atoms with E-state index in [1.54, 1.807) is 12.1 Å². The van der Waals surface area contributed by atoms with Crippen LogP contribution >= 0.6 is 0 Å². The second kappa shape index (κ2) is 7.93. The maximum Gasteiger partial charge on any atom is 0.313 e. The lowest BCUT2D eigenvalue weighted by Gasteiger charge is -2.08. The lowest BCUT2D eigenvalue weighted by Crippen LogP contribution is -2.36. The van der Waals surface area contributed by atoms with E-state index in [1.807, 2.05) is 19.9 Å². The average molecular weight is 277 g/mol. The highest BCUT2D eigenvalue weighted by atomic mass is 16.2. The summed E-state index contributed by atoms with van der Waals surface area (Å²) in [5.74, 6) is -1.38. The van der Waals surface area contributed by atoms with Crippen molar-refractivity contribution in [2.45, 2.75) is 20.3 Å². The van der Waals surface area contributed by atoms with Crippen molar-refractivity contribution in [3.8, 4) is 0 Å². The molecule has 0 radical (unpaired) electrons. The van der Waals surface area contributed by atoms with Crippen LogP contribution in [0, 0.1) is 13.8 Å². The van der Waals surface area contributed by atoms with Crippen molar-refractivity contribution in [2.24, 2.45) is 0 Å². The molecule has 0 aromatic heterocycles. The fourth-order valence-corrected chi connectivity index (χ4v) is 1.77. The van der Waals surface area contributed by atoms with Gasteiger partial charge in [0.1, 0.15) is 0 Å². The molecule has 0 bridgehead atoms. The molecule has 0 atom stereocenters. The van der Waals surface area contributed by atoms with E-state index in [1.165, 1.54) is 0 Å². The summed E-state index contributed by atoms with van der Waals surface area (Å²) in [6.45, 7) is 4.63. The van der Waals surface area contributed by atoms with E-state index in [-0.39, 0.29) is 0 Å². The Labute approximate surface area is 117 Å². The molecule has 1 rings (SSSR count). The third-order valence-electron chi connectivity index (χ3n) is 2.55. The van der Waals surface area contributed by atoms with Crippen LogP contribution in [-0.4, -0.2) is 31.3 Å². The van der Waals surface area contributed by atoms with Gasteiger partial charge < -0.3 is 16.0 Å². The van der Waals surface area contributed by atoms with Crippen molar-refractivity contribution in [1.29, 1.82) is 0 Å². The Morgan fingerprint density at radius 1 is 1.05 bits per heavy atom. The Morgan fingerprint density at radius 3 is 2.30 bits per heavy atom. The maximum atomic E-state index is 11.7. The molecule has 0 aliphatic rings. The minimum absolute atomic E-state index is 0.333. The second-order valence-corrected chi connectivity index (χ2v) is 4.51. The first-order valence-electron chi connectivity index (χ1n) is 6.37. The molecular weight excluding hydrogens is 258 g/mol. The minimum Gasteiger partial charge on any atom is -0.359 e. The first kappa shape index (κ1) is 15.7. The Morgan fingerprint density at radius 2 is 1.70 bits per heavy atom. The van der Waals surface area contributed by atoms with E-state index in [0.717, 1.165) is 11.1 Å². The first-order chi connectivity index (χ1) is 9.52. The SMILES string of the molecule is Cc1cc(C)cc(NC(=O)C(=O)NCCCNC=O)c1. The molecule has 6 heteroatoms. The number of benzene rings is 1. The van der Waals surface area contributed by atoms with E-state index in [4.69, 9.17) is 0 Å². The topological polar surface area (TPSA) is 87.3 Å². The van der Waals surface area contributed by atoms with Gasteiger partial charge in [0, 0.05) is 18.8 Å². The van der Waals surface area contributed by atoms with Gasteiger partial charge in [-0.2, -0.15) is 0 Å². The van der Waals surface area contributed by atoms with Gasteiger partial charge in [-0.15, -0.1) is 0 Å². The van der Waals surface area contributed by atoms with Gasteiger partial charge in [-0.25, -0.2) is 0 Å². The van der Waals surface area contributed by atoms with Crippen LogP contribution in [0.1, 0.15) is 17.5 Å². The average Bonchev–Trinajstić information content (AvgIpc) is 2.36. The Kier molecular flexibility index (Phi) is 6.22. The molecule has 0 spiro atoms. The summed E-state index contributed by atoms with van der Waals surface area (Å²) in [5, 5.41) is 7.51. The lowest BCUT2D eigenvalue weighted by molar-refractivity contribution is -0.136. The van der Waals surface area contributed by atoms with Gasteiger partial charge in [0.25, 0.3) is 0 Å². The Hall–Kier alpha value is -2.37. The van der Waals surface area contributed by atoms with Gasteiger partial charge in [0.15, 0.2) is 0 Å². The summed E-state index contributed by atoms with van der Waals surface area (Å²) >= 11 is 0. The van der Waals surface area contributed by atoms with Crippen LogP contribution < -0.4 is 16.0 Å². The summed E-state index contributed by atoms with van der Waals surface area (Å²) in [6, 6.07) is 5.58. The molecule has 0 saturated carbocycles. The van der Waals surface area contributed by atoms with Crippen molar-refractivity contribution in [3.05, 3.63) is 29.3 Å². The summed E-state index contributed by atoms with van der Waals surface area (Å²) in [5.41, 5.74) is 2.63. The fourth-order valence-electron chi connectivity index (χ4n) is 1.77. The monoisotopic (exact) mass is 277 g/mol. The number of hydrogen-bond donors (Lipinski definition) is 3. The number of rotatable bonds is 6.